The van der Waals surface area contributed by atoms with Crippen LogP contribution in [0.1, 0.15) is 43.5 Å². The molecule has 2 aromatic rings. The van der Waals surface area contributed by atoms with Crippen molar-refractivity contribution < 1.29 is 4.52 Å². The summed E-state index contributed by atoms with van der Waals surface area (Å²) in [7, 11) is 3.83. The fraction of sp³-hybridized carbons (Fsp3) is 0.500. The molecule has 1 aromatic heterocycles. The van der Waals surface area contributed by atoms with Gasteiger partial charge in [-0.3, -0.25) is 4.99 Å². The molecule has 0 spiro atoms. The lowest BCUT2D eigenvalue weighted by Gasteiger charge is -2.22. The molecule has 2 rings (SSSR count). The topological polar surface area (TPSA) is 66.5 Å². The highest BCUT2D eigenvalue weighted by atomic mass is 127. The molecule has 0 radical (unpaired) electrons. The minimum Gasteiger partial charge on any atom is -0.356 e. The number of aromatic nitrogens is 2. The van der Waals surface area contributed by atoms with Crippen molar-refractivity contribution in [3.8, 4) is 0 Å². The number of benzene rings is 1. The third-order valence-electron chi connectivity index (χ3n) is 3.76. The molecule has 26 heavy (non-hydrogen) atoms. The van der Waals surface area contributed by atoms with Crippen LogP contribution in [0.4, 0.5) is 0 Å². The van der Waals surface area contributed by atoms with Crippen molar-refractivity contribution in [1.82, 2.24) is 20.4 Å². The summed E-state index contributed by atoms with van der Waals surface area (Å²) in [5.41, 5.74) is 1.24. The Labute approximate surface area is 181 Å². The van der Waals surface area contributed by atoms with Crippen molar-refractivity contribution in [2.75, 3.05) is 20.6 Å². The Morgan fingerprint density at radius 3 is 2.58 bits per heavy atom. The quantitative estimate of drug-likeness (QED) is 0.249. The van der Waals surface area contributed by atoms with E-state index in [-0.39, 0.29) is 24.0 Å². The number of aryl methyl sites for hydroxylation is 1. The summed E-state index contributed by atoms with van der Waals surface area (Å²) < 4.78 is 6.35. The van der Waals surface area contributed by atoms with Crippen LogP contribution in [0, 0.1) is 0 Å². The Morgan fingerprint density at radius 1 is 1.31 bits per heavy atom. The predicted octanol–water partition coefficient (Wildman–Crippen LogP) is 4.21. The van der Waals surface area contributed by atoms with Crippen molar-refractivity contribution >= 4 is 45.9 Å². The van der Waals surface area contributed by atoms with E-state index in [1.54, 1.807) is 7.05 Å². The third-order valence-corrected chi connectivity index (χ3v) is 4.29. The standard InChI is InChI=1S/C18H26BrN5O.HI/c1-13(2)17-22-16(25-23-17)6-5-11-21-18(20-3)24(4)12-14-7-9-15(19)10-8-14;/h7-10,13H,5-6,11-12H2,1-4H3,(H,20,21);1H. The molecule has 0 atom stereocenters. The predicted molar refractivity (Wildman–Crippen MR) is 119 cm³/mol. The first-order valence-corrected chi connectivity index (χ1v) is 9.27. The second kappa shape index (κ2) is 11.5. The van der Waals surface area contributed by atoms with Gasteiger partial charge < -0.3 is 14.7 Å². The maximum Gasteiger partial charge on any atom is 0.226 e. The molecule has 0 bridgehead atoms. The Balaban J connectivity index is 0.00000338. The fourth-order valence-corrected chi connectivity index (χ4v) is 2.63. The van der Waals surface area contributed by atoms with Crippen LogP contribution in [0.2, 0.25) is 0 Å². The van der Waals surface area contributed by atoms with Crippen LogP contribution < -0.4 is 5.32 Å². The molecule has 0 amide bonds. The number of halogens is 2. The Kier molecular flexibility index (Phi) is 10.1. The molecule has 0 saturated heterocycles. The van der Waals surface area contributed by atoms with Gasteiger partial charge in [0.15, 0.2) is 11.8 Å². The molecule has 1 aromatic carbocycles. The molecule has 1 N–H and O–H groups in total. The van der Waals surface area contributed by atoms with E-state index in [1.807, 2.05) is 7.05 Å². The monoisotopic (exact) mass is 535 g/mol. The van der Waals surface area contributed by atoms with Crippen LogP contribution >= 0.6 is 39.9 Å². The number of hydrogen-bond acceptors (Lipinski definition) is 4. The first-order chi connectivity index (χ1) is 12.0. The lowest BCUT2D eigenvalue weighted by molar-refractivity contribution is 0.368. The number of nitrogens with one attached hydrogen (secondary N) is 1. The van der Waals surface area contributed by atoms with E-state index in [9.17, 15) is 0 Å². The number of rotatable bonds is 7. The molecule has 0 aliphatic rings. The van der Waals surface area contributed by atoms with E-state index in [4.69, 9.17) is 4.52 Å². The minimum atomic E-state index is 0. The first-order valence-electron chi connectivity index (χ1n) is 8.48. The number of aliphatic imine (C=N–C) groups is 1. The second-order valence-corrected chi connectivity index (χ2v) is 7.18. The van der Waals surface area contributed by atoms with Crippen molar-refractivity contribution in [1.29, 1.82) is 0 Å². The van der Waals surface area contributed by atoms with Crippen LogP contribution in [-0.4, -0.2) is 41.6 Å². The Bertz CT molecular complexity index is 687. The van der Waals surface area contributed by atoms with E-state index in [0.717, 1.165) is 42.2 Å². The van der Waals surface area contributed by atoms with Crippen molar-refractivity contribution in [2.24, 2.45) is 4.99 Å². The summed E-state index contributed by atoms with van der Waals surface area (Å²) in [6, 6.07) is 8.32. The normalized spacial score (nSPS) is 11.4. The summed E-state index contributed by atoms with van der Waals surface area (Å²) in [5.74, 6) is 2.63. The van der Waals surface area contributed by atoms with E-state index < -0.39 is 0 Å². The molecule has 1 heterocycles. The Morgan fingerprint density at radius 2 is 2.00 bits per heavy atom. The summed E-state index contributed by atoms with van der Waals surface area (Å²) in [6.07, 6.45) is 1.67. The van der Waals surface area contributed by atoms with Crippen LogP contribution in [0.3, 0.4) is 0 Å². The van der Waals surface area contributed by atoms with E-state index in [0.29, 0.717) is 11.8 Å². The van der Waals surface area contributed by atoms with Crippen molar-refractivity contribution in [2.45, 2.75) is 39.2 Å². The van der Waals surface area contributed by atoms with Gasteiger partial charge >= 0.3 is 0 Å². The molecule has 0 aliphatic carbocycles. The van der Waals surface area contributed by atoms with Gasteiger partial charge in [-0.05, 0) is 24.1 Å². The maximum absolute atomic E-state index is 5.26. The van der Waals surface area contributed by atoms with Gasteiger partial charge in [0.2, 0.25) is 5.89 Å². The average Bonchev–Trinajstić information content (AvgIpc) is 3.06. The lowest BCUT2D eigenvalue weighted by Crippen LogP contribution is -2.39. The zero-order valence-corrected chi connectivity index (χ0v) is 19.6. The molecule has 144 valence electrons. The van der Waals surface area contributed by atoms with Gasteiger partial charge in [-0.1, -0.05) is 47.1 Å². The Hall–Kier alpha value is -1.16. The van der Waals surface area contributed by atoms with E-state index in [2.05, 4.69) is 79.4 Å². The van der Waals surface area contributed by atoms with Gasteiger partial charge in [0.05, 0.1) is 0 Å². The average molecular weight is 536 g/mol. The highest BCUT2D eigenvalue weighted by Crippen LogP contribution is 2.12. The van der Waals surface area contributed by atoms with E-state index >= 15 is 0 Å². The van der Waals surface area contributed by atoms with Crippen molar-refractivity contribution in [3.63, 3.8) is 0 Å². The molecule has 0 unspecified atom stereocenters. The van der Waals surface area contributed by atoms with Gasteiger partial charge in [-0.15, -0.1) is 24.0 Å². The smallest absolute Gasteiger partial charge is 0.226 e. The first kappa shape index (κ1) is 22.9. The zero-order chi connectivity index (χ0) is 18.2. The number of guanidine groups is 1. The molecule has 8 heteroatoms. The molecule has 0 aliphatic heterocycles. The molecular formula is C18H27BrIN5O. The minimum absolute atomic E-state index is 0. The highest BCUT2D eigenvalue weighted by Gasteiger charge is 2.10. The van der Waals surface area contributed by atoms with Gasteiger partial charge in [-0.2, -0.15) is 4.98 Å². The second-order valence-electron chi connectivity index (χ2n) is 6.26. The highest BCUT2D eigenvalue weighted by molar-refractivity contribution is 14.0. The van der Waals surface area contributed by atoms with Crippen LogP contribution in [0.5, 0.6) is 0 Å². The summed E-state index contributed by atoms with van der Waals surface area (Å²) in [5, 5.41) is 7.36. The van der Waals surface area contributed by atoms with Gasteiger partial charge in [-0.25, -0.2) is 0 Å². The zero-order valence-electron chi connectivity index (χ0n) is 15.7. The number of hydrogen-bond donors (Lipinski definition) is 1. The SMILES string of the molecule is CN=C(NCCCc1nc(C(C)C)no1)N(C)Cc1ccc(Br)cc1.I. The molecule has 0 saturated carbocycles. The lowest BCUT2D eigenvalue weighted by atomic mass is 10.2. The van der Waals surface area contributed by atoms with Gasteiger partial charge in [0.1, 0.15) is 0 Å². The van der Waals surface area contributed by atoms with Gasteiger partial charge in [0, 0.05) is 44.0 Å². The van der Waals surface area contributed by atoms with Gasteiger partial charge in [0.25, 0.3) is 0 Å². The fourth-order valence-electron chi connectivity index (χ4n) is 2.37. The number of nitrogens with zero attached hydrogens (tertiary/aromatic N) is 4. The largest absolute Gasteiger partial charge is 0.356 e. The summed E-state index contributed by atoms with van der Waals surface area (Å²) in [4.78, 5) is 10.8. The van der Waals surface area contributed by atoms with Crippen LogP contribution in [-0.2, 0) is 13.0 Å². The van der Waals surface area contributed by atoms with Crippen LogP contribution in [0.15, 0.2) is 38.3 Å². The molecule has 0 fully saturated rings. The summed E-state index contributed by atoms with van der Waals surface area (Å²) >= 11 is 3.46. The molecular weight excluding hydrogens is 509 g/mol. The summed E-state index contributed by atoms with van der Waals surface area (Å²) in [6.45, 7) is 5.72. The maximum atomic E-state index is 5.26. The third kappa shape index (κ3) is 7.22. The van der Waals surface area contributed by atoms with Crippen molar-refractivity contribution in [3.05, 3.63) is 46.0 Å². The molecule has 6 nitrogen and oxygen atoms in total. The van der Waals surface area contributed by atoms with Crippen LogP contribution in [0.25, 0.3) is 0 Å². The van der Waals surface area contributed by atoms with E-state index in [1.165, 1.54) is 5.56 Å².